The Labute approximate surface area is 119 Å². The first-order valence-electron chi connectivity index (χ1n) is 5.08. The Hall–Kier alpha value is -0.340. The van der Waals surface area contributed by atoms with E-state index in [1.165, 1.54) is 16.6 Å². The van der Waals surface area contributed by atoms with Gasteiger partial charge in [-0.25, -0.2) is 4.39 Å². The number of pyridine rings is 1. The number of halogens is 2. The molecule has 0 N–H and O–H groups in total. The van der Waals surface area contributed by atoms with E-state index in [1.54, 1.807) is 26.5 Å². The molecule has 0 spiro atoms. The van der Waals surface area contributed by atoms with Gasteiger partial charge < -0.3 is 4.31 Å². The molecule has 0 atom stereocenters. The van der Waals surface area contributed by atoms with E-state index in [4.69, 9.17) is 0 Å². The molecule has 0 fully saturated rings. The highest BCUT2D eigenvalue weighted by Crippen LogP contribution is 2.41. The summed E-state index contributed by atoms with van der Waals surface area (Å²) < 4.78 is 15.4. The quantitative estimate of drug-likeness (QED) is 0.544. The van der Waals surface area contributed by atoms with Crippen molar-refractivity contribution in [3.63, 3.8) is 0 Å². The number of aromatic nitrogens is 1. The predicted octanol–water partition coefficient (Wildman–Crippen LogP) is 4.31. The van der Waals surface area contributed by atoms with E-state index in [1.807, 2.05) is 0 Å². The summed E-state index contributed by atoms with van der Waals surface area (Å²) in [5.74, 6) is -0.279. The average molecular weight is 378 g/mol. The zero-order chi connectivity index (χ0) is 11.8. The fourth-order valence-corrected chi connectivity index (χ4v) is 4.51. The molecule has 88 valence electrons. The largest absolute Gasteiger partial charge is 0.305 e. The monoisotopic (exact) mass is 378 g/mol. The van der Waals surface area contributed by atoms with Crippen LogP contribution < -0.4 is 4.31 Å². The maximum Gasteiger partial charge on any atom is 0.143 e. The molecule has 17 heavy (non-hydrogen) atoms. The first-order valence-corrected chi connectivity index (χ1v) is 9.27. The van der Waals surface area contributed by atoms with Crippen LogP contribution in [-0.2, 0) is 6.42 Å². The Morgan fingerprint density at radius 2 is 2.41 bits per heavy atom. The molecule has 0 amide bonds. The van der Waals surface area contributed by atoms with Gasteiger partial charge in [-0.15, -0.1) is 11.3 Å². The van der Waals surface area contributed by atoms with E-state index < -0.39 is 0 Å². The molecule has 0 bridgehead atoms. The lowest BCUT2D eigenvalue weighted by Gasteiger charge is -2.19. The van der Waals surface area contributed by atoms with Crippen LogP contribution in [0, 0.1) is 5.82 Å². The molecule has 3 rings (SSSR count). The first-order chi connectivity index (χ1) is 8.29. The van der Waals surface area contributed by atoms with Gasteiger partial charge in [0.05, 0.1) is 16.8 Å². The van der Waals surface area contributed by atoms with Crippen LogP contribution in [0.2, 0.25) is 0 Å². The SMILES string of the molecule is Fc1cnc2c(c1)N(SI)CCc1ccsc1-2. The molecule has 2 aromatic heterocycles. The Kier molecular flexibility index (Phi) is 3.27. The molecule has 2 nitrogen and oxygen atoms in total. The zero-order valence-corrected chi connectivity index (χ0v) is 12.5. The smallest absolute Gasteiger partial charge is 0.143 e. The summed E-state index contributed by atoms with van der Waals surface area (Å²) in [6.45, 7) is 0.884. The van der Waals surface area contributed by atoms with Gasteiger partial charge in [-0.3, -0.25) is 4.98 Å². The van der Waals surface area contributed by atoms with Crippen LogP contribution in [0.4, 0.5) is 10.1 Å². The van der Waals surface area contributed by atoms with Crippen molar-refractivity contribution in [3.05, 3.63) is 35.1 Å². The summed E-state index contributed by atoms with van der Waals surface area (Å²) in [6, 6.07) is 3.71. The second-order valence-electron chi connectivity index (χ2n) is 3.72. The predicted molar refractivity (Wildman–Crippen MR) is 80.2 cm³/mol. The van der Waals surface area contributed by atoms with Gasteiger partial charge in [0.15, 0.2) is 0 Å². The summed E-state index contributed by atoms with van der Waals surface area (Å²) in [7, 11) is 1.59. The topological polar surface area (TPSA) is 16.1 Å². The molecule has 2 aromatic rings. The highest BCUT2D eigenvalue weighted by molar-refractivity contribution is 14.2. The Morgan fingerprint density at radius 3 is 3.24 bits per heavy atom. The average Bonchev–Trinajstić information content (AvgIpc) is 2.73. The van der Waals surface area contributed by atoms with Crippen LogP contribution in [0.1, 0.15) is 5.56 Å². The van der Waals surface area contributed by atoms with Crippen molar-refractivity contribution < 1.29 is 4.39 Å². The standard InChI is InChI=1S/C11H8FIN2S2/c12-8-5-9-10(14-6-8)11-7(2-4-16-11)1-3-15(9)17-13/h2,4-6H,1,3H2. The normalized spacial score (nSPS) is 14.1. The molecule has 0 radical (unpaired) electrons. The molecule has 0 saturated heterocycles. The van der Waals surface area contributed by atoms with Crippen LogP contribution in [0.3, 0.4) is 0 Å². The molecule has 0 saturated carbocycles. The van der Waals surface area contributed by atoms with Gasteiger partial charge in [-0.2, -0.15) is 0 Å². The van der Waals surface area contributed by atoms with Gasteiger partial charge >= 0.3 is 0 Å². The van der Waals surface area contributed by atoms with Crippen LogP contribution >= 0.6 is 41.7 Å². The zero-order valence-electron chi connectivity index (χ0n) is 8.69. The molecule has 0 aliphatic carbocycles. The molecule has 1 aliphatic heterocycles. The number of nitrogens with zero attached hydrogens (tertiary/aromatic N) is 2. The number of thiophene rings is 1. The highest BCUT2D eigenvalue weighted by atomic mass is 127. The molecule has 1 aliphatic rings. The highest BCUT2D eigenvalue weighted by Gasteiger charge is 2.22. The van der Waals surface area contributed by atoms with E-state index in [0.29, 0.717) is 0 Å². The number of anilines is 1. The minimum atomic E-state index is -0.279. The molecular weight excluding hydrogens is 370 g/mol. The molecule has 0 unspecified atom stereocenters. The summed E-state index contributed by atoms with van der Waals surface area (Å²) in [5.41, 5.74) is 3.09. The van der Waals surface area contributed by atoms with Crippen molar-refractivity contribution in [1.82, 2.24) is 4.98 Å². The lowest BCUT2D eigenvalue weighted by molar-refractivity contribution is 0.622. The van der Waals surface area contributed by atoms with Gasteiger partial charge in [-0.1, -0.05) is 0 Å². The fraction of sp³-hybridized carbons (Fsp3) is 0.182. The van der Waals surface area contributed by atoms with Crippen LogP contribution in [0.25, 0.3) is 10.6 Å². The van der Waals surface area contributed by atoms with Crippen LogP contribution in [0.15, 0.2) is 23.7 Å². The molecular formula is C11H8FIN2S2. The van der Waals surface area contributed by atoms with E-state index >= 15 is 0 Å². The third-order valence-electron chi connectivity index (χ3n) is 2.73. The summed E-state index contributed by atoms with van der Waals surface area (Å²) in [4.78, 5) is 5.44. The number of hydrogen-bond donors (Lipinski definition) is 0. The maximum atomic E-state index is 13.3. The fourth-order valence-electron chi connectivity index (χ4n) is 1.95. The van der Waals surface area contributed by atoms with Crippen LogP contribution in [-0.4, -0.2) is 11.5 Å². The lowest BCUT2D eigenvalue weighted by atomic mass is 10.1. The summed E-state index contributed by atoms with van der Waals surface area (Å²) in [6.07, 6.45) is 2.27. The summed E-state index contributed by atoms with van der Waals surface area (Å²) in [5, 5.41) is 2.08. The van der Waals surface area contributed by atoms with Crippen molar-refractivity contribution >= 4 is 47.3 Å². The van der Waals surface area contributed by atoms with Gasteiger partial charge in [-0.05, 0) is 23.4 Å². The van der Waals surface area contributed by atoms with Gasteiger partial charge in [0.1, 0.15) is 11.5 Å². The summed E-state index contributed by atoms with van der Waals surface area (Å²) >= 11 is 3.90. The van der Waals surface area contributed by atoms with Gasteiger partial charge in [0.2, 0.25) is 0 Å². The van der Waals surface area contributed by atoms with Crippen molar-refractivity contribution in [2.24, 2.45) is 0 Å². The second kappa shape index (κ2) is 4.74. The minimum Gasteiger partial charge on any atom is -0.305 e. The lowest BCUT2D eigenvalue weighted by Crippen LogP contribution is -2.15. The number of fused-ring (bicyclic) bond motifs is 3. The molecule has 6 heteroatoms. The van der Waals surface area contributed by atoms with Gasteiger partial charge in [0.25, 0.3) is 0 Å². The van der Waals surface area contributed by atoms with E-state index in [9.17, 15) is 4.39 Å². The molecule has 3 heterocycles. The van der Waals surface area contributed by atoms with Crippen molar-refractivity contribution in [1.29, 1.82) is 0 Å². The number of rotatable bonds is 1. The Morgan fingerprint density at radius 1 is 1.53 bits per heavy atom. The van der Waals surface area contributed by atoms with E-state index in [-0.39, 0.29) is 5.82 Å². The Bertz CT molecular complexity index is 558. The van der Waals surface area contributed by atoms with E-state index in [0.717, 1.165) is 24.3 Å². The minimum absolute atomic E-state index is 0.279. The first kappa shape index (κ1) is 11.7. The maximum absolute atomic E-state index is 13.3. The Balaban J connectivity index is 2.23. The number of hydrogen-bond acceptors (Lipinski definition) is 4. The third-order valence-corrected chi connectivity index (χ3v) is 5.67. The van der Waals surface area contributed by atoms with Crippen molar-refractivity contribution in [2.75, 3.05) is 10.8 Å². The van der Waals surface area contributed by atoms with E-state index in [2.05, 4.69) is 41.9 Å². The van der Waals surface area contributed by atoms with Crippen LogP contribution in [0.5, 0.6) is 0 Å². The third kappa shape index (κ3) is 2.06. The van der Waals surface area contributed by atoms with Gasteiger partial charge in [0, 0.05) is 42.9 Å². The van der Waals surface area contributed by atoms with Crippen molar-refractivity contribution in [2.45, 2.75) is 6.42 Å². The molecule has 0 aromatic carbocycles. The van der Waals surface area contributed by atoms with Crippen molar-refractivity contribution in [3.8, 4) is 10.6 Å². The second-order valence-corrected chi connectivity index (χ2v) is 6.39.